The molecule has 1 N–H and O–H groups in total. The molecule has 7 heteroatoms. The first-order valence-corrected chi connectivity index (χ1v) is 11.0. The highest BCUT2D eigenvalue weighted by Gasteiger charge is 2.45. The third-order valence-electron chi connectivity index (χ3n) is 5.02. The molecule has 2 aliphatic rings. The number of fused-ring (bicyclic) bond motifs is 1. The Morgan fingerprint density at radius 2 is 2.19 bits per heavy atom. The molecular formula is C20H22BrN3O2S. The molecule has 0 spiro atoms. The van der Waals surface area contributed by atoms with Gasteiger partial charge < -0.3 is 14.7 Å². The Morgan fingerprint density at radius 3 is 2.89 bits per heavy atom. The number of hydrogen-bond donors (Lipinski definition) is 1. The highest BCUT2D eigenvalue weighted by Crippen LogP contribution is 2.50. The summed E-state index contributed by atoms with van der Waals surface area (Å²) in [7, 11) is 0. The van der Waals surface area contributed by atoms with Crippen molar-refractivity contribution in [3.8, 4) is 11.5 Å². The maximum atomic E-state index is 10.3. The molecule has 0 saturated carbocycles. The van der Waals surface area contributed by atoms with Gasteiger partial charge in [-0.3, -0.25) is 9.98 Å². The summed E-state index contributed by atoms with van der Waals surface area (Å²) in [6, 6.07) is 10.3. The van der Waals surface area contributed by atoms with Crippen molar-refractivity contribution in [3.63, 3.8) is 0 Å². The number of halogens is 1. The van der Waals surface area contributed by atoms with Crippen molar-refractivity contribution in [2.24, 2.45) is 4.99 Å². The summed E-state index contributed by atoms with van der Waals surface area (Å²) < 4.78 is 6.30. The summed E-state index contributed by atoms with van der Waals surface area (Å²) in [5, 5.41) is 11.4. The number of thioether (sulfide) groups is 1. The van der Waals surface area contributed by atoms with Crippen LogP contribution in [0.15, 0.2) is 46.0 Å². The molecule has 1 saturated heterocycles. The van der Waals surface area contributed by atoms with Gasteiger partial charge in [-0.05, 0) is 59.1 Å². The van der Waals surface area contributed by atoms with Crippen molar-refractivity contribution in [1.29, 1.82) is 0 Å². The number of nitrogens with zero attached hydrogens (tertiary/aromatic N) is 3. The molecule has 1 aromatic heterocycles. The summed E-state index contributed by atoms with van der Waals surface area (Å²) in [6.07, 6.45) is 2.88. The molecule has 3 unspecified atom stereocenters. The van der Waals surface area contributed by atoms with Crippen molar-refractivity contribution >= 4 is 32.9 Å². The molecule has 0 radical (unpaired) electrons. The lowest BCUT2D eigenvalue weighted by molar-refractivity contribution is 0.253. The van der Waals surface area contributed by atoms with Gasteiger partial charge in [0.1, 0.15) is 6.04 Å². The first-order chi connectivity index (χ1) is 13.1. The van der Waals surface area contributed by atoms with Gasteiger partial charge in [0, 0.05) is 18.0 Å². The lowest BCUT2D eigenvalue weighted by Gasteiger charge is -2.32. The number of ether oxygens (including phenoxy) is 1. The maximum absolute atomic E-state index is 10.3. The van der Waals surface area contributed by atoms with Crippen molar-refractivity contribution < 1.29 is 9.84 Å². The van der Waals surface area contributed by atoms with E-state index in [-0.39, 0.29) is 17.8 Å². The Balaban J connectivity index is 1.82. The molecule has 27 heavy (non-hydrogen) atoms. The minimum atomic E-state index is -0.0750. The van der Waals surface area contributed by atoms with Crippen LogP contribution in [0.2, 0.25) is 0 Å². The van der Waals surface area contributed by atoms with Crippen molar-refractivity contribution in [1.82, 2.24) is 9.88 Å². The molecular weight excluding hydrogens is 426 g/mol. The van der Waals surface area contributed by atoms with E-state index in [0.29, 0.717) is 22.9 Å². The van der Waals surface area contributed by atoms with Gasteiger partial charge in [-0.2, -0.15) is 0 Å². The van der Waals surface area contributed by atoms with Crippen molar-refractivity contribution in [2.75, 3.05) is 12.4 Å². The van der Waals surface area contributed by atoms with Crippen LogP contribution in [-0.2, 0) is 0 Å². The molecule has 2 aliphatic heterocycles. The van der Waals surface area contributed by atoms with Gasteiger partial charge in [0.2, 0.25) is 0 Å². The standard InChI is InChI=1S/C20H22BrN3O2S/c1-3-13-11-27-20-23-17(15-7-5-6-8-22-15)18(24(13)20)12-9-14(21)19(25)16(10-12)26-4-2/h5-10,13,17-18,25H,3-4,11H2,1-2H3. The van der Waals surface area contributed by atoms with E-state index in [1.807, 2.05) is 55.2 Å². The number of aliphatic imine (C=N–C) groups is 1. The van der Waals surface area contributed by atoms with Crippen LogP contribution >= 0.6 is 27.7 Å². The van der Waals surface area contributed by atoms with E-state index in [9.17, 15) is 5.11 Å². The summed E-state index contributed by atoms with van der Waals surface area (Å²) in [5.74, 6) is 1.69. The molecule has 0 bridgehead atoms. The molecule has 0 amide bonds. The van der Waals surface area contributed by atoms with E-state index < -0.39 is 0 Å². The molecule has 1 fully saturated rings. The van der Waals surface area contributed by atoms with E-state index in [2.05, 4.69) is 32.7 Å². The Kier molecular flexibility index (Phi) is 5.32. The number of phenols is 1. The van der Waals surface area contributed by atoms with Crippen LogP contribution in [0.3, 0.4) is 0 Å². The average Bonchev–Trinajstić information content (AvgIpc) is 3.25. The van der Waals surface area contributed by atoms with Gasteiger partial charge in [0.15, 0.2) is 16.7 Å². The fraction of sp³-hybridized carbons (Fsp3) is 0.400. The molecule has 3 heterocycles. The number of benzene rings is 1. The van der Waals surface area contributed by atoms with E-state index in [1.165, 1.54) is 0 Å². The second kappa shape index (κ2) is 7.72. The van der Waals surface area contributed by atoms with Crippen LogP contribution in [0.5, 0.6) is 11.5 Å². The number of hydrogen-bond acceptors (Lipinski definition) is 6. The monoisotopic (exact) mass is 447 g/mol. The Bertz CT molecular complexity index is 862. The lowest BCUT2D eigenvalue weighted by Crippen LogP contribution is -2.35. The number of phenolic OH excluding ortho intramolecular Hbond substituents is 1. The molecule has 4 rings (SSSR count). The molecule has 2 aromatic rings. The second-order valence-electron chi connectivity index (χ2n) is 6.62. The number of aromatic nitrogens is 1. The minimum Gasteiger partial charge on any atom is -0.503 e. The number of amidine groups is 1. The van der Waals surface area contributed by atoms with Crippen molar-refractivity contribution in [3.05, 3.63) is 52.3 Å². The van der Waals surface area contributed by atoms with Crippen LogP contribution in [0.25, 0.3) is 0 Å². The summed E-state index contributed by atoms with van der Waals surface area (Å²) in [6.45, 7) is 4.63. The topological polar surface area (TPSA) is 58.0 Å². The first kappa shape index (κ1) is 18.6. The fourth-order valence-electron chi connectivity index (χ4n) is 3.74. The van der Waals surface area contributed by atoms with Gasteiger partial charge in [-0.1, -0.05) is 24.8 Å². The van der Waals surface area contributed by atoms with E-state index in [0.717, 1.165) is 28.6 Å². The largest absolute Gasteiger partial charge is 0.503 e. The zero-order chi connectivity index (χ0) is 19.0. The Labute approximate surface area is 172 Å². The highest BCUT2D eigenvalue weighted by molar-refractivity contribution is 9.10. The molecule has 5 nitrogen and oxygen atoms in total. The number of aromatic hydroxyl groups is 1. The summed E-state index contributed by atoms with van der Waals surface area (Å²) in [5.41, 5.74) is 2.03. The SMILES string of the molecule is CCOc1cc(C2C(c3ccccn3)N=C3SCC(CC)N32)cc(Br)c1O. The van der Waals surface area contributed by atoms with Crippen molar-refractivity contribution in [2.45, 2.75) is 38.4 Å². The Morgan fingerprint density at radius 1 is 1.33 bits per heavy atom. The summed E-state index contributed by atoms with van der Waals surface area (Å²) in [4.78, 5) is 12.0. The normalized spacial score (nSPS) is 24.0. The predicted octanol–water partition coefficient (Wildman–Crippen LogP) is 4.93. The van der Waals surface area contributed by atoms with Crippen LogP contribution in [0.4, 0.5) is 0 Å². The Hall–Kier alpha value is -1.73. The number of pyridine rings is 1. The first-order valence-electron chi connectivity index (χ1n) is 9.19. The molecule has 142 valence electrons. The highest BCUT2D eigenvalue weighted by atomic mass is 79.9. The summed E-state index contributed by atoms with van der Waals surface area (Å²) >= 11 is 5.31. The van der Waals surface area contributed by atoms with Crippen LogP contribution in [0, 0.1) is 0 Å². The quantitative estimate of drug-likeness (QED) is 0.703. The van der Waals surface area contributed by atoms with Crippen LogP contribution in [0.1, 0.15) is 43.6 Å². The van der Waals surface area contributed by atoms with E-state index in [4.69, 9.17) is 9.73 Å². The smallest absolute Gasteiger partial charge is 0.172 e. The third-order valence-corrected chi connectivity index (χ3v) is 6.75. The molecule has 1 aromatic carbocycles. The van der Waals surface area contributed by atoms with Gasteiger partial charge in [0.05, 0.1) is 22.8 Å². The number of rotatable bonds is 5. The van der Waals surface area contributed by atoms with E-state index >= 15 is 0 Å². The minimum absolute atomic E-state index is 0.0333. The molecule has 3 atom stereocenters. The van der Waals surface area contributed by atoms with E-state index in [1.54, 1.807) is 0 Å². The van der Waals surface area contributed by atoms with Gasteiger partial charge in [-0.15, -0.1) is 0 Å². The molecule has 0 aliphatic carbocycles. The zero-order valence-corrected chi connectivity index (χ0v) is 17.7. The van der Waals surface area contributed by atoms with Crippen LogP contribution < -0.4 is 4.74 Å². The third kappa shape index (κ3) is 3.31. The zero-order valence-electron chi connectivity index (χ0n) is 15.3. The van der Waals surface area contributed by atoms with Gasteiger partial charge in [0.25, 0.3) is 0 Å². The lowest BCUT2D eigenvalue weighted by atomic mass is 9.95. The maximum Gasteiger partial charge on any atom is 0.172 e. The second-order valence-corrected chi connectivity index (χ2v) is 8.46. The van der Waals surface area contributed by atoms with Crippen LogP contribution in [-0.4, -0.2) is 38.6 Å². The van der Waals surface area contributed by atoms with Gasteiger partial charge in [-0.25, -0.2) is 0 Å². The average molecular weight is 448 g/mol. The predicted molar refractivity (Wildman–Crippen MR) is 113 cm³/mol. The fourth-order valence-corrected chi connectivity index (χ4v) is 5.54. The van der Waals surface area contributed by atoms with Gasteiger partial charge >= 0.3 is 0 Å².